The molecule has 1 saturated heterocycles. The van der Waals surface area contributed by atoms with Crippen molar-refractivity contribution in [1.82, 2.24) is 9.88 Å². The number of sulfonamides is 1. The lowest BCUT2D eigenvalue weighted by Gasteiger charge is -2.29. The average Bonchev–Trinajstić information content (AvgIpc) is 3.59. The molecule has 0 N–H and O–H groups in total. The van der Waals surface area contributed by atoms with Crippen LogP contribution in [0.2, 0.25) is 5.02 Å². The number of carbonyl (C=O) groups is 1. The van der Waals surface area contributed by atoms with Gasteiger partial charge in [-0.15, -0.1) is 12.4 Å². The highest BCUT2D eigenvalue weighted by Crippen LogP contribution is 2.35. The topological polar surface area (TPSA) is 83.0 Å². The van der Waals surface area contributed by atoms with Gasteiger partial charge in [-0.3, -0.25) is 18.9 Å². The van der Waals surface area contributed by atoms with E-state index >= 15 is 0 Å². The van der Waals surface area contributed by atoms with E-state index in [1.165, 1.54) is 27.8 Å². The highest BCUT2D eigenvalue weighted by Gasteiger charge is 2.31. The third-order valence-corrected chi connectivity index (χ3v) is 10.5. The van der Waals surface area contributed by atoms with Gasteiger partial charge in [0, 0.05) is 43.3 Å². The molecule has 1 fully saturated rings. The minimum atomic E-state index is -3.75. The SMILES string of the molecule is Cc1cc(Cl)cc2sc(N(CCN3CCOCC3)C(=O)c3ccc(S(=O)(=O)N4CCc5ccccc54)cc3)nc12.Cl. The lowest BCUT2D eigenvalue weighted by atomic mass is 10.2. The van der Waals surface area contributed by atoms with Gasteiger partial charge < -0.3 is 4.74 Å². The van der Waals surface area contributed by atoms with Crippen molar-refractivity contribution in [3.05, 3.63) is 82.4 Å². The molecular formula is C29H30Cl2N4O4S2. The summed E-state index contributed by atoms with van der Waals surface area (Å²) in [5.41, 5.74) is 3.89. The van der Waals surface area contributed by atoms with Crippen LogP contribution >= 0.6 is 35.3 Å². The minimum Gasteiger partial charge on any atom is -0.379 e. The van der Waals surface area contributed by atoms with Crippen LogP contribution in [0.4, 0.5) is 10.8 Å². The molecule has 1 amide bonds. The number of fused-ring (bicyclic) bond motifs is 2. The van der Waals surface area contributed by atoms with E-state index in [2.05, 4.69) is 4.90 Å². The summed E-state index contributed by atoms with van der Waals surface area (Å²) >= 11 is 7.71. The van der Waals surface area contributed by atoms with E-state index in [-0.39, 0.29) is 23.2 Å². The number of aryl methyl sites for hydroxylation is 1. The van der Waals surface area contributed by atoms with Crippen LogP contribution in [0.5, 0.6) is 0 Å². The number of aromatic nitrogens is 1. The van der Waals surface area contributed by atoms with Crippen LogP contribution in [0.25, 0.3) is 10.2 Å². The first kappa shape index (κ1) is 29.8. The summed E-state index contributed by atoms with van der Waals surface area (Å²) in [6.45, 7) is 6.43. The highest BCUT2D eigenvalue weighted by atomic mass is 35.5. The van der Waals surface area contributed by atoms with E-state index < -0.39 is 10.0 Å². The molecular weight excluding hydrogens is 603 g/mol. The van der Waals surface area contributed by atoms with Crippen molar-refractivity contribution in [3.63, 3.8) is 0 Å². The highest BCUT2D eigenvalue weighted by molar-refractivity contribution is 7.92. The number of rotatable bonds is 7. The number of hydrogen-bond donors (Lipinski definition) is 0. The predicted molar refractivity (Wildman–Crippen MR) is 167 cm³/mol. The number of carbonyl (C=O) groups excluding carboxylic acids is 1. The van der Waals surface area contributed by atoms with E-state index in [9.17, 15) is 13.2 Å². The summed E-state index contributed by atoms with van der Waals surface area (Å²) in [6, 6.07) is 17.5. The fraction of sp³-hybridized carbons (Fsp3) is 0.310. The van der Waals surface area contributed by atoms with Crippen molar-refractivity contribution in [1.29, 1.82) is 0 Å². The molecule has 12 heteroatoms. The lowest BCUT2D eigenvalue weighted by Crippen LogP contribution is -2.43. The fourth-order valence-electron chi connectivity index (χ4n) is 5.22. The van der Waals surface area contributed by atoms with Crippen LogP contribution in [-0.2, 0) is 21.2 Å². The molecule has 216 valence electrons. The molecule has 0 radical (unpaired) electrons. The minimum absolute atomic E-state index is 0. The van der Waals surface area contributed by atoms with E-state index in [1.807, 2.05) is 43.3 Å². The Morgan fingerprint density at radius 2 is 1.80 bits per heavy atom. The number of morpholine rings is 1. The predicted octanol–water partition coefficient (Wildman–Crippen LogP) is 5.41. The van der Waals surface area contributed by atoms with Gasteiger partial charge in [0.1, 0.15) is 0 Å². The first-order valence-corrected chi connectivity index (χ1v) is 15.8. The third kappa shape index (κ3) is 5.95. The van der Waals surface area contributed by atoms with Gasteiger partial charge in [-0.2, -0.15) is 0 Å². The zero-order valence-corrected chi connectivity index (χ0v) is 25.7. The van der Waals surface area contributed by atoms with Crippen LogP contribution in [0.1, 0.15) is 21.5 Å². The standard InChI is InChI=1S/C29H29ClN4O4S2.ClH/c1-20-18-23(30)19-26-27(20)31-29(39-26)33(13-12-32-14-16-38-17-15-32)28(35)22-6-8-24(9-7-22)40(36,37)34-11-10-21-4-2-3-5-25(21)34;/h2-9,18-19H,10-17H2,1H3;1H. The second-order valence-electron chi connectivity index (χ2n) is 9.96. The van der Waals surface area contributed by atoms with E-state index in [0.717, 1.165) is 34.4 Å². The summed E-state index contributed by atoms with van der Waals surface area (Å²) in [5.74, 6) is -0.230. The first-order valence-electron chi connectivity index (χ1n) is 13.2. The molecule has 4 aromatic rings. The number of benzene rings is 3. The van der Waals surface area contributed by atoms with Gasteiger partial charge in [0.05, 0.1) is 34.0 Å². The molecule has 3 aromatic carbocycles. The van der Waals surface area contributed by atoms with Crippen LogP contribution < -0.4 is 9.21 Å². The number of para-hydroxylation sites is 1. The first-order chi connectivity index (χ1) is 19.3. The molecule has 41 heavy (non-hydrogen) atoms. The number of anilines is 2. The van der Waals surface area contributed by atoms with Gasteiger partial charge in [0.25, 0.3) is 15.9 Å². The summed E-state index contributed by atoms with van der Waals surface area (Å²) in [4.78, 5) is 22.8. The van der Waals surface area contributed by atoms with E-state index in [1.54, 1.807) is 17.0 Å². The Hall–Kier alpha value is -2.73. The Morgan fingerprint density at radius 3 is 2.56 bits per heavy atom. The Labute approximate surface area is 254 Å². The molecule has 0 saturated carbocycles. The summed E-state index contributed by atoms with van der Waals surface area (Å²) in [5, 5.41) is 1.22. The van der Waals surface area contributed by atoms with Gasteiger partial charge in [0.2, 0.25) is 0 Å². The number of thiazole rings is 1. The van der Waals surface area contributed by atoms with Gasteiger partial charge >= 0.3 is 0 Å². The number of amides is 1. The maximum atomic E-state index is 13.9. The Balaban J connectivity index is 0.00000337. The molecule has 0 spiro atoms. The second kappa shape index (κ2) is 12.2. The van der Waals surface area contributed by atoms with E-state index in [0.29, 0.717) is 60.7 Å². The molecule has 0 bridgehead atoms. The maximum absolute atomic E-state index is 13.9. The second-order valence-corrected chi connectivity index (χ2v) is 13.3. The van der Waals surface area contributed by atoms with Crippen molar-refractivity contribution in [3.8, 4) is 0 Å². The lowest BCUT2D eigenvalue weighted by molar-refractivity contribution is 0.0391. The van der Waals surface area contributed by atoms with Gasteiger partial charge in [-0.1, -0.05) is 41.1 Å². The quantitative estimate of drug-likeness (QED) is 0.271. The molecule has 8 nitrogen and oxygen atoms in total. The molecule has 2 aliphatic rings. The van der Waals surface area contributed by atoms with Crippen LogP contribution in [-0.4, -0.2) is 70.1 Å². The number of nitrogens with zero attached hydrogens (tertiary/aromatic N) is 4. The van der Waals surface area contributed by atoms with Gasteiger partial charge in [-0.25, -0.2) is 13.4 Å². The summed E-state index contributed by atoms with van der Waals surface area (Å²) < 4.78 is 34.8. The molecule has 6 rings (SSSR count). The molecule has 3 heterocycles. The Morgan fingerprint density at radius 1 is 1.07 bits per heavy atom. The molecule has 0 atom stereocenters. The summed E-state index contributed by atoms with van der Waals surface area (Å²) in [7, 11) is -3.75. The van der Waals surface area contributed by atoms with Crippen LogP contribution in [0.3, 0.4) is 0 Å². The monoisotopic (exact) mass is 632 g/mol. The number of hydrogen-bond acceptors (Lipinski definition) is 7. The van der Waals surface area contributed by atoms with Crippen molar-refractivity contribution < 1.29 is 17.9 Å². The van der Waals surface area contributed by atoms with Crippen molar-refractivity contribution in [2.75, 3.05) is 55.1 Å². The van der Waals surface area contributed by atoms with Gasteiger partial charge in [-0.05, 0) is 66.9 Å². The molecule has 2 aliphatic heterocycles. The maximum Gasteiger partial charge on any atom is 0.264 e. The Bertz CT molecular complexity index is 1670. The van der Waals surface area contributed by atoms with Gasteiger partial charge in [0.15, 0.2) is 5.13 Å². The largest absolute Gasteiger partial charge is 0.379 e. The molecule has 0 aliphatic carbocycles. The van der Waals surface area contributed by atoms with Crippen molar-refractivity contribution in [2.24, 2.45) is 0 Å². The smallest absolute Gasteiger partial charge is 0.264 e. The zero-order chi connectivity index (χ0) is 27.9. The zero-order valence-electron chi connectivity index (χ0n) is 22.5. The number of ether oxygens (including phenoxy) is 1. The molecule has 0 unspecified atom stereocenters. The normalized spacial score (nSPS) is 15.5. The fourth-order valence-corrected chi connectivity index (χ4v) is 8.17. The van der Waals surface area contributed by atoms with Crippen molar-refractivity contribution >= 4 is 72.3 Å². The third-order valence-electron chi connectivity index (χ3n) is 7.39. The Kier molecular flexibility index (Phi) is 8.89. The van der Waals surface area contributed by atoms with Crippen molar-refractivity contribution in [2.45, 2.75) is 18.2 Å². The van der Waals surface area contributed by atoms with Crippen LogP contribution in [0.15, 0.2) is 65.6 Å². The summed E-state index contributed by atoms with van der Waals surface area (Å²) in [6.07, 6.45) is 0.678. The molecule has 1 aromatic heterocycles. The number of halogens is 2. The van der Waals surface area contributed by atoms with E-state index in [4.69, 9.17) is 21.3 Å². The average molecular weight is 634 g/mol. The van der Waals surface area contributed by atoms with Crippen LogP contribution in [0, 0.1) is 6.92 Å².